The molecule has 2 amide bonds. The van der Waals surface area contributed by atoms with Gasteiger partial charge in [-0.15, -0.1) is 0 Å². The molecule has 5 heteroatoms. The smallest absolute Gasteiger partial charge is 0.321 e. The van der Waals surface area contributed by atoms with E-state index in [0.29, 0.717) is 5.56 Å². The number of hydrogen-bond acceptors (Lipinski definition) is 3. The SMILES string of the molecule is N#Cc1ccc(NC(=O)N2CCCCNCCCC2)cc1. The lowest BCUT2D eigenvalue weighted by atomic mass is 10.2. The number of nitrogens with one attached hydrogen (secondary N) is 2. The molecule has 0 unspecified atom stereocenters. The van der Waals surface area contributed by atoms with E-state index in [9.17, 15) is 4.79 Å². The maximum atomic E-state index is 12.3. The molecule has 21 heavy (non-hydrogen) atoms. The van der Waals surface area contributed by atoms with Crippen molar-refractivity contribution in [3.8, 4) is 6.07 Å². The summed E-state index contributed by atoms with van der Waals surface area (Å²) in [4.78, 5) is 14.2. The minimum absolute atomic E-state index is 0.0479. The summed E-state index contributed by atoms with van der Waals surface area (Å²) < 4.78 is 0. The Morgan fingerprint density at radius 2 is 1.71 bits per heavy atom. The molecule has 0 aliphatic carbocycles. The lowest BCUT2D eigenvalue weighted by molar-refractivity contribution is 0.208. The Morgan fingerprint density at radius 3 is 2.29 bits per heavy atom. The van der Waals surface area contributed by atoms with E-state index in [1.807, 2.05) is 4.90 Å². The highest BCUT2D eigenvalue weighted by molar-refractivity contribution is 5.89. The molecule has 1 aromatic rings. The first kappa shape index (κ1) is 15.3. The summed E-state index contributed by atoms with van der Waals surface area (Å²) in [6.07, 6.45) is 4.24. The Morgan fingerprint density at radius 1 is 1.10 bits per heavy atom. The van der Waals surface area contributed by atoms with Crippen LogP contribution in [0.25, 0.3) is 0 Å². The third-order valence-electron chi connectivity index (χ3n) is 3.62. The minimum atomic E-state index is -0.0479. The zero-order valence-corrected chi connectivity index (χ0v) is 12.3. The molecule has 1 heterocycles. The highest BCUT2D eigenvalue weighted by Crippen LogP contribution is 2.11. The molecule has 0 saturated carbocycles. The summed E-state index contributed by atoms with van der Waals surface area (Å²) in [5, 5.41) is 15.1. The third-order valence-corrected chi connectivity index (χ3v) is 3.62. The van der Waals surface area contributed by atoms with Crippen molar-refractivity contribution in [2.75, 3.05) is 31.5 Å². The van der Waals surface area contributed by atoms with Gasteiger partial charge in [0.05, 0.1) is 11.6 Å². The number of rotatable bonds is 1. The quantitative estimate of drug-likeness (QED) is 0.833. The lowest BCUT2D eigenvalue weighted by Gasteiger charge is -2.24. The number of carbonyl (C=O) groups is 1. The van der Waals surface area contributed by atoms with Crippen molar-refractivity contribution in [2.24, 2.45) is 0 Å². The Hall–Kier alpha value is -2.06. The fourth-order valence-corrected chi connectivity index (χ4v) is 2.38. The third kappa shape index (κ3) is 5.09. The van der Waals surface area contributed by atoms with Crippen LogP contribution in [0.5, 0.6) is 0 Å². The number of urea groups is 1. The molecular formula is C16H22N4O. The second-order valence-corrected chi connectivity index (χ2v) is 5.27. The number of benzene rings is 1. The number of nitriles is 1. The molecule has 2 rings (SSSR count). The zero-order chi connectivity index (χ0) is 14.9. The van der Waals surface area contributed by atoms with Crippen LogP contribution in [0, 0.1) is 11.3 Å². The van der Waals surface area contributed by atoms with E-state index in [1.165, 1.54) is 0 Å². The maximum absolute atomic E-state index is 12.3. The second-order valence-electron chi connectivity index (χ2n) is 5.27. The molecule has 112 valence electrons. The second kappa shape index (κ2) is 8.28. The molecule has 2 N–H and O–H groups in total. The normalized spacial score (nSPS) is 16.8. The van der Waals surface area contributed by atoms with E-state index < -0.39 is 0 Å². The van der Waals surface area contributed by atoms with Gasteiger partial charge in [-0.05, 0) is 63.0 Å². The largest absolute Gasteiger partial charge is 0.325 e. The van der Waals surface area contributed by atoms with Crippen LogP contribution in [0.3, 0.4) is 0 Å². The topological polar surface area (TPSA) is 68.2 Å². The number of amides is 2. The Balaban J connectivity index is 1.91. The molecule has 0 spiro atoms. The molecule has 1 fully saturated rings. The number of nitrogens with zero attached hydrogens (tertiary/aromatic N) is 2. The first-order valence-corrected chi connectivity index (χ1v) is 7.56. The van der Waals surface area contributed by atoms with E-state index >= 15 is 0 Å². The lowest BCUT2D eigenvalue weighted by Crippen LogP contribution is -2.37. The summed E-state index contributed by atoms with van der Waals surface area (Å²) in [5.41, 5.74) is 1.33. The van der Waals surface area contributed by atoms with Crippen LogP contribution < -0.4 is 10.6 Å². The summed E-state index contributed by atoms with van der Waals surface area (Å²) in [7, 11) is 0. The molecule has 5 nitrogen and oxygen atoms in total. The molecule has 1 aliphatic rings. The summed E-state index contributed by atoms with van der Waals surface area (Å²) in [6.45, 7) is 3.66. The van der Waals surface area contributed by atoms with Gasteiger partial charge in [0.2, 0.25) is 0 Å². The van der Waals surface area contributed by atoms with E-state index in [2.05, 4.69) is 16.7 Å². The van der Waals surface area contributed by atoms with Crippen LogP contribution >= 0.6 is 0 Å². The van der Waals surface area contributed by atoms with Gasteiger partial charge < -0.3 is 15.5 Å². The van der Waals surface area contributed by atoms with Crippen LogP contribution in [0.15, 0.2) is 24.3 Å². The fraction of sp³-hybridized carbons (Fsp3) is 0.500. The molecule has 0 aromatic heterocycles. The Bertz CT molecular complexity index is 482. The van der Waals surface area contributed by atoms with E-state index in [1.54, 1.807) is 24.3 Å². The Labute approximate surface area is 125 Å². The highest BCUT2D eigenvalue weighted by Gasteiger charge is 2.13. The monoisotopic (exact) mass is 286 g/mol. The van der Waals surface area contributed by atoms with Gasteiger partial charge >= 0.3 is 6.03 Å². The minimum Gasteiger partial charge on any atom is -0.325 e. The van der Waals surface area contributed by atoms with Crippen LogP contribution in [0.1, 0.15) is 31.2 Å². The Kier molecular flexibility index (Phi) is 6.04. The van der Waals surface area contributed by atoms with Crippen LogP contribution in [0.2, 0.25) is 0 Å². The molecule has 0 bridgehead atoms. The van der Waals surface area contributed by atoms with Gasteiger partial charge in [-0.1, -0.05) is 0 Å². The molecule has 0 atom stereocenters. The maximum Gasteiger partial charge on any atom is 0.321 e. The van der Waals surface area contributed by atoms with Crippen molar-refractivity contribution in [3.63, 3.8) is 0 Å². The van der Waals surface area contributed by atoms with Crippen LogP contribution in [0.4, 0.5) is 10.5 Å². The average molecular weight is 286 g/mol. The predicted octanol–water partition coefficient (Wildman–Crippen LogP) is 2.56. The number of carbonyl (C=O) groups excluding carboxylic acids is 1. The van der Waals surface area contributed by atoms with Crippen molar-refractivity contribution < 1.29 is 4.79 Å². The van der Waals surface area contributed by atoms with Gasteiger partial charge in [0.25, 0.3) is 0 Å². The van der Waals surface area contributed by atoms with Gasteiger partial charge in [0.15, 0.2) is 0 Å². The van der Waals surface area contributed by atoms with E-state index in [-0.39, 0.29) is 6.03 Å². The van der Waals surface area contributed by atoms with Crippen molar-refractivity contribution in [1.29, 1.82) is 5.26 Å². The summed E-state index contributed by atoms with van der Waals surface area (Å²) in [6, 6.07) is 8.98. The van der Waals surface area contributed by atoms with E-state index in [0.717, 1.165) is 57.5 Å². The average Bonchev–Trinajstić information content (AvgIpc) is 2.53. The van der Waals surface area contributed by atoms with E-state index in [4.69, 9.17) is 5.26 Å². The molecule has 1 aromatic carbocycles. The number of anilines is 1. The zero-order valence-electron chi connectivity index (χ0n) is 12.3. The highest BCUT2D eigenvalue weighted by atomic mass is 16.2. The van der Waals surface area contributed by atoms with Crippen molar-refractivity contribution in [2.45, 2.75) is 25.7 Å². The van der Waals surface area contributed by atoms with Gasteiger partial charge in [-0.25, -0.2) is 4.79 Å². The first-order valence-electron chi connectivity index (χ1n) is 7.56. The van der Waals surface area contributed by atoms with Crippen molar-refractivity contribution in [3.05, 3.63) is 29.8 Å². The number of hydrogen-bond donors (Lipinski definition) is 2. The van der Waals surface area contributed by atoms with Crippen LogP contribution in [-0.4, -0.2) is 37.1 Å². The van der Waals surface area contributed by atoms with Crippen molar-refractivity contribution >= 4 is 11.7 Å². The predicted molar refractivity (Wildman–Crippen MR) is 83.1 cm³/mol. The van der Waals surface area contributed by atoms with Gasteiger partial charge in [0.1, 0.15) is 0 Å². The van der Waals surface area contributed by atoms with Gasteiger partial charge in [-0.3, -0.25) is 0 Å². The molecule has 1 saturated heterocycles. The molecular weight excluding hydrogens is 264 g/mol. The first-order chi connectivity index (χ1) is 10.3. The summed E-state index contributed by atoms with van der Waals surface area (Å²) >= 11 is 0. The fourth-order valence-electron chi connectivity index (χ4n) is 2.38. The molecule has 0 radical (unpaired) electrons. The summed E-state index contributed by atoms with van der Waals surface area (Å²) in [5.74, 6) is 0. The molecule has 1 aliphatic heterocycles. The van der Waals surface area contributed by atoms with Gasteiger partial charge in [0, 0.05) is 18.8 Å². The van der Waals surface area contributed by atoms with Crippen molar-refractivity contribution in [1.82, 2.24) is 10.2 Å². The van der Waals surface area contributed by atoms with Gasteiger partial charge in [-0.2, -0.15) is 5.26 Å². The van der Waals surface area contributed by atoms with Crippen LogP contribution in [-0.2, 0) is 0 Å². The standard InChI is InChI=1S/C16H22N4O/c17-13-14-5-7-15(8-6-14)19-16(21)20-11-3-1-9-18-10-2-4-12-20/h5-8,18H,1-4,9-12H2,(H,19,21).